The Morgan fingerprint density at radius 3 is 2.28 bits per heavy atom. The molecule has 3 N–H and O–H groups in total. The van der Waals surface area contributed by atoms with Crippen LogP contribution in [-0.4, -0.2) is 76.0 Å². The number of allylic oxidation sites excluding steroid dienone is 4. The summed E-state index contributed by atoms with van der Waals surface area (Å²) >= 11 is 0. The van der Waals surface area contributed by atoms with E-state index in [1.807, 2.05) is 19.1 Å². The van der Waals surface area contributed by atoms with Crippen LogP contribution >= 0.6 is 0 Å². The van der Waals surface area contributed by atoms with Crippen molar-refractivity contribution in [3.8, 4) is 0 Å². The van der Waals surface area contributed by atoms with E-state index in [-0.39, 0.29) is 30.8 Å². The predicted octanol–water partition coefficient (Wildman–Crippen LogP) is 7.00. The van der Waals surface area contributed by atoms with Gasteiger partial charge in [-0.15, -0.1) is 0 Å². The van der Waals surface area contributed by atoms with Gasteiger partial charge in [0.15, 0.2) is 5.79 Å². The summed E-state index contributed by atoms with van der Waals surface area (Å²) in [5.74, 6) is -4.24. The Balaban J connectivity index is 2.34. The van der Waals surface area contributed by atoms with Crippen LogP contribution in [0.3, 0.4) is 0 Å². The first-order valence-electron chi connectivity index (χ1n) is 17.8. The Bertz CT molecular complexity index is 1290. The lowest BCUT2D eigenvalue weighted by atomic mass is 9.78. The first-order valence-corrected chi connectivity index (χ1v) is 17.8. The predicted molar refractivity (Wildman–Crippen MR) is 189 cm³/mol. The number of aliphatic carboxylic acids is 2. The molecule has 2 rings (SSSR count). The standard InChI is InChI=1S/C39H58O11/c1-7-8-9-10-22-38(50-37(46)20-19-36(45)47-6)24-25-39(49-33(38)17-13-28(3)26-35(43)44)23-21-30(5)32(48-39)16-12-27(2)11-15-31(40)29(4)14-18-34(41)42/h11-15,17-18,26,29-33,40H,7-10,16,19-25H2,1-6H3,(H,41,42)(H,43,44)/b15-11+,17-13+,18-14+,27-12+,28-26+/t29-,30-,31-,32+,33-,38+,39-/m0/s1. The van der Waals surface area contributed by atoms with Gasteiger partial charge in [-0.25, -0.2) is 9.59 Å². The van der Waals surface area contributed by atoms with Gasteiger partial charge in [0.25, 0.3) is 0 Å². The molecule has 0 aliphatic carbocycles. The van der Waals surface area contributed by atoms with Crippen LogP contribution in [0.25, 0.3) is 0 Å². The third-order valence-corrected chi connectivity index (χ3v) is 9.50. The summed E-state index contributed by atoms with van der Waals surface area (Å²) in [7, 11) is 1.27. The van der Waals surface area contributed by atoms with Crippen LogP contribution in [0, 0.1) is 11.8 Å². The number of rotatable bonds is 19. The third-order valence-electron chi connectivity index (χ3n) is 9.50. The highest BCUT2D eigenvalue weighted by atomic mass is 16.7. The van der Waals surface area contributed by atoms with Crippen molar-refractivity contribution in [1.82, 2.24) is 0 Å². The van der Waals surface area contributed by atoms with Gasteiger partial charge in [-0.1, -0.05) is 82.1 Å². The number of hydrogen-bond donors (Lipinski definition) is 3. The van der Waals surface area contributed by atoms with Gasteiger partial charge >= 0.3 is 23.9 Å². The minimum Gasteiger partial charge on any atom is -0.478 e. The Morgan fingerprint density at radius 2 is 1.62 bits per heavy atom. The largest absolute Gasteiger partial charge is 0.478 e. The lowest BCUT2D eigenvalue weighted by molar-refractivity contribution is -0.344. The summed E-state index contributed by atoms with van der Waals surface area (Å²) in [5.41, 5.74) is 0.386. The number of hydrogen-bond acceptors (Lipinski definition) is 9. The first kappa shape index (κ1) is 42.6. The maximum atomic E-state index is 13.2. The number of carbonyl (C=O) groups is 4. The fourth-order valence-corrected chi connectivity index (χ4v) is 6.28. The highest BCUT2D eigenvalue weighted by Crippen LogP contribution is 2.48. The molecule has 0 bridgehead atoms. The van der Waals surface area contributed by atoms with Crippen LogP contribution in [0.15, 0.2) is 59.8 Å². The van der Waals surface area contributed by atoms with Gasteiger partial charge in [0.05, 0.1) is 32.2 Å². The molecule has 2 fully saturated rings. The molecule has 0 saturated carbocycles. The van der Waals surface area contributed by atoms with Gasteiger partial charge in [0.1, 0.15) is 11.7 Å². The summed E-state index contributed by atoms with van der Waals surface area (Å²) in [6, 6.07) is 0. The Morgan fingerprint density at radius 1 is 0.900 bits per heavy atom. The lowest BCUT2D eigenvalue weighted by Gasteiger charge is -2.53. The van der Waals surface area contributed by atoms with Crippen LogP contribution in [0.1, 0.15) is 112 Å². The van der Waals surface area contributed by atoms with E-state index in [0.29, 0.717) is 37.7 Å². The van der Waals surface area contributed by atoms with Gasteiger partial charge in [0.2, 0.25) is 0 Å². The van der Waals surface area contributed by atoms with E-state index in [2.05, 4.69) is 13.8 Å². The van der Waals surface area contributed by atoms with Gasteiger partial charge in [-0.05, 0) is 57.4 Å². The van der Waals surface area contributed by atoms with Gasteiger partial charge in [-0.2, -0.15) is 0 Å². The number of aliphatic hydroxyl groups is 1. The Kier molecular flexibility index (Phi) is 17.9. The van der Waals surface area contributed by atoms with E-state index < -0.39 is 47.5 Å². The van der Waals surface area contributed by atoms with E-state index >= 15 is 0 Å². The van der Waals surface area contributed by atoms with Gasteiger partial charge in [0, 0.05) is 30.9 Å². The number of aliphatic hydroxyl groups excluding tert-OH is 1. The zero-order chi connectivity index (χ0) is 37.3. The lowest BCUT2D eigenvalue weighted by Crippen LogP contribution is -2.59. The fraction of sp³-hybridized carbons (Fsp3) is 0.641. The maximum Gasteiger partial charge on any atom is 0.328 e. The van der Waals surface area contributed by atoms with Crippen LogP contribution in [0.5, 0.6) is 0 Å². The molecule has 50 heavy (non-hydrogen) atoms. The zero-order valence-electron chi connectivity index (χ0n) is 30.6. The second-order valence-corrected chi connectivity index (χ2v) is 13.7. The van der Waals surface area contributed by atoms with Crippen molar-refractivity contribution in [2.75, 3.05) is 7.11 Å². The van der Waals surface area contributed by atoms with Crippen molar-refractivity contribution < 1.29 is 53.4 Å². The molecule has 2 aliphatic heterocycles. The molecule has 2 heterocycles. The molecule has 7 atom stereocenters. The monoisotopic (exact) mass is 702 g/mol. The molecule has 0 aromatic carbocycles. The molecule has 11 heteroatoms. The van der Waals surface area contributed by atoms with Crippen LogP contribution < -0.4 is 0 Å². The average Bonchev–Trinajstić information content (AvgIpc) is 3.07. The van der Waals surface area contributed by atoms with Crippen LogP contribution in [-0.2, 0) is 38.1 Å². The molecular formula is C39H58O11. The van der Waals surface area contributed by atoms with Gasteiger partial charge in [-0.3, -0.25) is 9.59 Å². The summed E-state index contributed by atoms with van der Waals surface area (Å²) in [6.07, 6.45) is 17.9. The van der Waals surface area contributed by atoms with Crippen molar-refractivity contribution >= 4 is 23.9 Å². The topological polar surface area (TPSA) is 166 Å². The maximum absolute atomic E-state index is 13.2. The Hall–Kier alpha value is -3.54. The van der Waals surface area contributed by atoms with E-state index in [1.165, 1.54) is 13.2 Å². The minimum atomic E-state index is -1.07. The van der Waals surface area contributed by atoms with Crippen molar-refractivity contribution in [3.05, 3.63) is 59.8 Å². The summed E-state index contributed by atoms with van der Waals surface area (Å²) < 4.78 is 24.6. The number of carboxylic acid groups (broad SMARTS) is 2. The average molecular weight is 703 g/mol. The SMILES string of the molecule is CCCCCC[C@@]1(OC(=O)CCC(=O)OC)CC[C@]2(CC[C@H](C)[C@@H](C/C=C(C)/C=C/[C@H](O)[C@@H](C)/C=C/C(=O)O)O2)O[C@H]1/C=C/C(C)=C/C(=O)O. The summed E-state index contributed by atoms with van der Waals surface area (Å²) in [5, 5.41) is 28.5. The number of esters is 2. The van der Waals surface area contributed by atoms with E-state index in [4.69, 9.17) is 24.1 Å². The smallest absolute Gasteiger partial charge is 0.328 e. The highest BCUT2D eigenvalue weighted by Gasteiger charge is 2.54. The van der Waals surface area contributed by atoms with Crippen LogP contribution in [0.2, 0.25) is 0 Å². The van der Waals surface area contributed by atoms with E-state index in [0.717, 1.165) is 49.8 Å². The summed E-state index contributed by atoms with van der Waals surface area (Å²) in [6.45, 7) is 9.61. The van der Waals surface area contributed by atoms with Crippen molar-refractivity contribution in [2.45, 2.75) is 141 Å². The number of unbranched alkanes of at least 4 members (excludes halogenated alkanes) is 3. The fourth-order valence-electron chi connectivity index (χ4n) is 6.28. The summed E-state index contributed by atoms with van der Waals surface area (Å²) in [4.78, 5) is 47.1. The molecule has 2 aliphatic rings. The molecule has 0 amide bonds. The number of methoxy groups -OCH3 is 1. The molecule has 11 nitrogen and oxygen atoms in total. The minimum absolute atomic E-state index is 0.0996. The second kappa shape index (κ2) is 21.0. The number of ether oxygens (including phenoxy) is 4. The van der Waals surface area contributed by atoms with E-state index in [9.17, 15) is 29.4 Å². The number of carboxylic acids is 2. The number of carbonyl (C=O) groups excluding carboxylic acids is 2. The molecule has 1 spiro atoms. The molecule has 0 aromatic heterocycles. The van der Waals surface area contributed by atoms with Crippen molar-refractivity contribution in [1.29, 1.82) is 0 Å². The molecular weight excluding hydrogens is 644 g/mol. The molecule has 2 saturated heterocycles. The van der Waals surface area contributed by atoms with Gasteiger partial charge < -0.3 is 34.3 Å². The molecule has 0 radical (unpaired) electrons. The normalized spacial score (nSPS) is 27.5. The highest BCUT2D eigenvalue weighted by molar-refractivity contribution is 5.81. The quantitative estimate of drug-likeness (QED) is 0.0549. The first-order chi connectivity index (χ1) is 23.6. The zero-order valence-corrected chi connectivity index (χ0v) is 30.6. The Labute approximate surface area is 297 Å². The van der Waals surface area contributed by atoms with Crippen LogP contribution in [0.4, 0.5) is 0 Å². The molecule has 0 unspecified atom stereocenters. The van der Waals surface area contributed by atoms with Crippen molar-refractivity contribution in [3.63, 3.8) is 0 Å². The molecule has 0 aromatic rings. The third kappa shape index (κ3) is 14.4. The second-order valence-electron chi connectivity index (χ2n) is 13.7. The van der Waals surface area contributed by atoms with Crippen molar-refractivity contribution in [2.24, 2.45) is 11.8 Å². The van der Waals surface area contributed by atoms with E-state index in [1.54, 1.807) is 32.1 Å². The molecule has 280 valence electrons.